The molecule has 5 heteroatoms. The van der Waals surface area contributed by atoms with Crippen LogP contribution in [0.5, 0.6) is 0 Å². The molecule has 0 N–H and O–H groups in total. The third-order valence-corrected chi connectivity index (χ3v) is 4.00. The molecule has 1 aromatic heterocycles. The predicted octanol–water partition coefficient (Wildman–Crippen LogP) is 0.802. The summed E-state index contributed by atoms with van der Waals surface area (Å²) < 4.78 is 13.6. The van der Waals surface area contributed by atoms with Gasteiger partial charge >= 0.3 is 0 Å². The van der Waals surface area contributed by atoms with Crippen molar-refractivity contribution in [2.45, 2.75) is 25.0 Å². The minimum Gasteiger partial charge on any atom is -0.347 e. The van der Waals surface area contributed by atoms with Crippen LogP contribution in [0, 0.1) is 0 Å². The van der Waals surface area contributed by atoms with Gasteiger partial charge in [0.1, 0.15) is 5.82 Å². The first-order valence-electron chi connectivity index (χ1n) is 6.74. The van der Waals surface area contributed by atoms with Gasteiger partial charge in [-0.1, -0.05) is 0 Å². The fourth-order valence-electron chi connectivity index (χ4n) is 2.80. The second kappa shape index (κ2) is 4.99. The Morgan fingerprint density at radius 1 is 1.28 bits per heavy atom. The van der Waals surface area contributed by atoms with Gasteiger partial charge < -0.3 is 18.9 Å². The summed E-state index contributed by atoms with van der Waals surface area (Å²) in [4.78, 5) is 6.84. The molecule has 0 aromatic carbocycles. The second-order valence-electron chi connectivity index (χ2n) is 5.15. The second-order valence-corrected chi connectivity index (χ2v) is 5.15. The van der Waals surface area contributed by atoms with Crippen LogP contribution in [0.25, 0.3) is 0 Å². The van der Waals surface area contributed by atoms with Gasteiger partial charge in [-0.25, -0.2) is 4.98 Å². The van der Waals surface area contributed by atoms with E-state index in [0.717, 1.165) is 57.9 Å². The van der Waals surface area contributed by atoms with E-state index in [1.54, 1.807) is 0 Å². The molecular weight excluding hydrogens is 230 g/mol. The highest BCUT2D eigenvalue weighted by molar-refractivity contribution is 4.92. The fraction of sp³-hybridized carbons (Fsp3) is 0.769. The van der Waals surface area contributed by atoms with Crippen molar-refractivity contribution in [3.63, 3.8) is 0 Å². The van der Waals surface area contributed by atoms with Crippen LogP contribution in [-0.4, -0.2) is 53.1 Å². The number of hydrogen-bond acceptors (Lipinski definition) is 4. The van der Waals surface area contributed by atoms with Crippen LogP contribution in [0.15, 0.2) is 12.4 Å². The molecule has 2 aliphatic rings. The number of rotatable bonds is 3. The van der Waals surface area contributed by atoms with Crippen LogP contribution in [0.1, 0.15) is 18.7 Å². The molecule has 0 atom stereocenters. The van der Waals surface area contributed by atoms with Gasteiger partial charge in [0.2, 0.25) is 0 Å². The summed E-state index contributed by atoms with van der Waals surface area (Å²) in [5.74, 6) is 0.906. The molecule has 3 rings (SSSR count). The zero-order chi connectivity index (χ0) is 12.4. The maximum atomic E-state index is 5.73. The smallest absolute Gasteiger partial charge is 0.170 e. The third-order valence-electron chi connectivity index (χ3n) is 4.00. The summed E-state index contributed by atoms with van der Waals surface area (Å²) in [6, 6.07) is 0. The molecule has 18 heavy (non-hydrogen) atoms. The lowest BCUT2D eigenvalue weighted by Crippen LogP contribution is -2.45. The summed E-state index contributed by atoms with van der Waals surface area (Å²) >= 11 is 0. The molecule has 0 radical (unpaired) electrons. The zero-order valence-electron chi connectivity index (χ0n) is 11.0. The highest BCUT2D eigenvalue weighted by Gasteiger charge is 2.39. The number of aromatic nitrogens is 2. The van der Waals surface area contributed by atoms with Crippen molar-refractivity contribution in [1.29, 1.82) is 0 Å². The van der Waals surface area contributed by atoms with Crippen molar-refractivity contribution in [3.8, 4) is 0 Å². The van der Waals surface area contributed by atoms with E-state index in [1.807, 2.05) is 19.4 Å². The number of piperidine rings is 1. The Bertz CT molecular complexity index is 389. The quantitative estimate of drug-likeness (QED) is 0.796. The van der Waals surface area contributed by atoms with Gasteiger partial charge in [0, 0.05) is 58.3 Å². The molecular formula is C13H21N3O2. The normalized spacial score (nSPS) is 23.8. The number of aryl methyl sites for hydroxylation is 1. The van der Waals surface area contributed by atoms with E-state index in [9.17, 15) is 0 Å². The number of imidazole rings is 1. The first-order valence-corrected chi connectivity index (χ1v) is 6.74. The molecule has 5 nitrogen and oxygen atoms in total. The molecule has 0 aliphatic carbocycles. The van der Waals surface area contributed by atoms with Crippen LogP contribution < -0.4 is 0 Å². The standard InChI is InChI=1S/C13H21N3O2/c1-15-9-5-14-12(15)2-6-16-7-3-13(4-8-16)17-10-11-18-13/h5,9H,2-4,6-8,10-11H2,1H3. The van der Waals surface area contributed by atoms with Crippen LogP contribution in [0.4, 0.5) is 0 Å². The van der Waals surface area contributed by atoms with E-state index < -0.39 is 0 Å². The highest BCUT2D eigenvalue weighted by Crippen LogP contribution is 2.31. The molecule has 100 valence electrons. The van der Waals surface area contributed by atoms with E-state index in [1.165, 1.54) is 0 Å². The Balaban J connectivity index is 1.47. The molecule has 2 saturated heterocycles. The average Bonchev–Trinajstić information content (AvgIpc) is 2.99. The Morgan fingerprint density at radius 2 is 2.00 bits per heavy atom. The van der Waals surface area contributed by atoms with Gasteiger partial charge in [-0.3, -0.25) is 0 Å². The summed E-state index contributed by atoms with van der Waals surface area (Å²) in [5.41, 5.74) is 0. The summed E-state index contributed by atoms with van der Waals surface area (Å²) in [6.45, 7) is 4.70. The molecule has 0 unspecified atom stereocenters. The first kappa shape index (κ1) is 12.1. The number of ether oxygens (including phenoxy) is 2. The molecule has 1 spiro atoms. The first-order chi connectivity index (χ1) is 8.77. The molecule has 0 bridgehead atoms. The van der Waals surface area contributed by atoms with Gasteiger partial charge in [-0.2, -0.15) is 0 Å². The Hall–Kier alpha value is -0.910. The van der Waals surface area contributed by atoms with Crippen LogP contribution in [0.2, 0.25) is 0 Å². The largest absolute Gasteiger partial charge is 0.347 e. The van der Waals surface area contributed by atoms with Crippen LogP contribution >= 0.6 is 0 Å². The predicted molar refractivity (Wildman–Crippen MR) is 67.2 cm³/mol. The lowest BCUT2D eigenvalue weighted by atomic mass is 10.0. The fourth-order valence-corrected chi connectivity index (χ4v) is 2.80. The molecule has 2 fully saturated rings. The van der Waals surface area contributed by atoms with Gasteiger partial charge in [-0.15, -0.1) is 0 Å². The maximum absolute atomic E-state index is 5.73. The van der Waals surface area contributed by atoms with Crippen molar-refractivity contribution in [2.75, 3.05) is 32.8 Å². The molecule has 0 amide bonds. The Kier molecular flexibility index (Phi) is 3.37. The maximum Gasteiger partial charge on any atom is 0.170 e. The van der Waals surface area contributed by atoms with E-state index in [4.69, 9.17) is 9.47 Å². The van der Waals surface area contributed by atoms with E-state index in [-0.39, 0.29) is 5.79 Å². The monoisotopic (exact) mass is 251 g/mol. The van der Waals surface area contributed by atoms with Crippen molar-refractivity contribution < 1.29 is 9.47 Å². The Labute approximate surface area is 108 Å². The van der Waals surface area contributed by atoms with Crippen molar-refractivity contribution in [3.05, 3.63) is 18.2 Å². The number of nitrogens with zero attached hydrogens (tertiary/aromatic N) is 3. The topological polar surface area (TPSA) is 39.5 Å². The van der Waals surface area contributed by atoms with Gasteiger partial charge in [0.05, 0.1) is 13.2 Å². The summed E-state index contributed by atoms with van der Waals surface area (Å²) in [6.07, 6.45) is 6.86. The number of hydrogen-bond donors (Lipinski definition) is 0. The lowest BCUT2D eigenvalue weighted by Gasteiger charge is -2.37. The van der Waals surface area contributed by atoms with E-state index in [2.05, 4.69) is 14.5 Å². The minimum absolute atomic E-state index is 0.250. The zero-order valence-corrected chi connectivity index (χ0v) is 11.0. The molecule has 0 saturated carbocycles. The van der Waals surface area contributed by atoms with E-state index >= 15 is 0 Å². The van der Waals surface area contributed by atoms with Crippen LogP contribution in [0.3, 0.4) is 0 Å². The average molecular weight is 251 g/mol. The van der Waals surface area contributed by atoms with Crippen LogP contribution in [-0.2, 0) is 22.9 Å². The van der Waals surface area contributed by atoms with Crippen molar-refractivity contribution >= 4 is 0 Å². The number of likely N-dealkylation sites (tertiary alicyclic amines) is 1. The third kappa shape index (κ3) is 2.43. The lowest BCUT2D eigenvalue weighted by molar-refractivity contribution is -0.185. The molecule has 3 heterocycles. The van der Waals surface area contributed by atoms with E-state index in [0.29, 0.717) is 0 Å². The molecule has 2 aliphatic heterocycles. The summed E-state index contributed by atoms with van der Waals surface area (Å²) in [5, 5.41) is 0. The Morgan fingerprint density at radius 3 is 2.61 bits per heavy atom. The van der Waals surface area contributed by atoms with Crippen molar-refractivity contribution in [1.82, 2.24) is 14.5 Å². The summed E-state index contributed by atoms with van der Waals surface area (Å²) in [7, 11) is 2.05. The van der Waals surface area contributed by atoms with Gasteiger partial charge in [0.25, 0.3) is 0 Å². The molecule has 1 aromatic rings. The SMILES string of the molecule is Cn1ccnc1CCN1CCC2(CC1)OCCO2. The highest BCUT2D eigenvalue weighted by atomic mass is 16.7. The van der Waals surface area contributed by atoms with Gasteiger partial charge in [-0.05, 0) is 0 Å². The van der Waals surface area contributed by atoms with Gasteiger partial charge in [0.15, 0.2) is 5.79 Å². The van der Waals surface area contributed by atoms with Crippen molar-refractivity contribution in [2.24, 2.45) is 7.05 Å². The minimum atomic E-state index is -0.250.